The Hall–Kier alpha value is -1.27. The van der Waals surface area contributed by atoms with Crippen LogP contribution in [-0.2, 0) is 0 Å². The number of oxime groups is 1. The predicted octanol–water partition coefficient (Wildman–Crippen LogP) is 2.29. The number of likely N-dealkylation sites (tertiary alicyclic amines) is 1. The number of hydrogen-bond acceptors (Lipinski definition) is 4. The molecule has 0 saturated carbocycles. The van der Waals surface area contributed by atoms with E-state index in [0.29, 0.717) is 12.4 Å². The monoisotopic (exact) mass is 341 g/mol. The normalized spacial score (nSPS) is 18.1. The number of ether oxygens (including phenoxy) is 1. The summed E-state index contributed by atoms with van der Waals surface area (Å²) in [5.74, 6) is 1.46. The van der Waals surface area contributed by atoms with Crippen molar-refractivity contribution in [2.24, 2.45) is 16.8 Å². The topological polar surface area (TPSA) is 71.1 Å². The molecule has 20 heavy (non-hydrogen) atoms. The summed E-state index contributed by atoms with van der Waals surface area (Å²) >= 11 is 3.40. The molecule has 0 amide bonds. The number of hydrogen-bond donors (Lipinski definition) is 2. The van der Waals surface area contributed by atoms with Crippen LogP contribution in [0.25, 0.3) is 0 Å². The van der Waals surface area contributed by atoms with E-state index in [9.17, 15) is 0 Å². The molecule has 1 aromatic carbocycles. The van der Waals surface area contributed by atoms with Gasteiger partial charge < -0.3 is 15.7 Å². The third-order valence-corrected chi connectivity index (χ3v) is 4.14. The van der Waals surface area contributed by atoms with Gasteiger partial charge in [-0.05, 0) is 50.2 Å². The number of nitrogens with zero attached hydrogens (tertiary/aromatic N) is 2. The van der Waals surface area contributed by atoms with Gasteiger partial charge in [0.1, 0.15) is 18.2 Å². The fourth-order valence-corrected chi connectivity index (χ4v) is 2.62. The van der Waals surface area contributed by atoms with Crippen LogP contribution < -0.4 is 10.5 Å². The first-order valence-electron chi connectivity index (χ1n) is 6.77. The molecule has 1 saturated heterocycles. The molecule has 2 rings (SSSR count). The Morgan fingerprint density at radius 3 is 2.60 bits per heavy atom. The van der Waals surface area contributed by atoms with E-state index in [0.717, 1.165) is 42.7 Å². The lowest BCUT2D eigenvalue weighted by Gasteiger charge is -2.31. The fourth-order valence-electron chi connectivity index (χ4n) is 2.36. The van der Waals surface area contributed by atoms with Crippen molar-refractivity contribution in [3.8, 4) is 5.75 Å². The summed E-state index contributed by atoms with van der Waals surface area (Å²) in [5, 5.41) is 11.8. The zero-order chi connectivity index (χ0) is 14.4. The Morgan fingerprint density at radius 2 is 2.00 bits per heavy atom. The second-order valence-corrected chi connectivity index (χ2v) is 5.86. The summed E-state index contributed by atoms with van der Waals surface area (Å²) in [5.41, 5.74) is 5.63. The third-order valence-electron chi connectivity index (χ3n) is 3.61. The molecule has 110 valence electrons. The molecule has 1 aliphatic rings. The minimum absolute atomic E-state index is 0.212. The molecule has 1 fully saturated rings. The highest BCUT2D eigenvalue weighted by atomic mass is 79.9. The van der Waals surface area contributed by atoms with Crippen LogP contribution in [0.1, 0.15) is 12.8 Å². The maximum atomic E-state index is 8.67. The van der Waals surface area contributed by atoms with Crippen molar-refractivity contribution < 1.29 is 9.94 Å². The van der Waals surface area contributed by atoms with Crippen LogP contribution in [-0.4, -0.2) is 42.2 Å². The standard InChI is InChI=1S/C14H20BrN3O2/c15-12-1-3-13(4-2-12)20-10-9-18-7-5-11(6-8-18)14(16)17-19/h1-4,11,19H,5-10H2,(H2,16,17). The largest absolute Gasteiger partial charge is 0.492 e. The van der Waals surface area contributed by atoms with Crippen LogP contribution >= 0.6 is 15.9 Å². The first-order valence-corrected chi connectivity index (χ1v) is 7.56. The maximum absolute atomic E-state index is 8.67. The van der Waals surface area contributed by atoms with Gasteiger partial charge in [0.05, 0.1) is 0 Å². The Bertz CT molecular complexity index is 442. The van der Waals surface area contributed by atoms with Crippen molar-refractivity contribution in [3.05, 3.63) is 28.7 Å². The third kappa shape index (κ3) is 4.38. The second kappa shape index (κ2) is 7.50. The van der Waals surface area contributed by atoms with Gasteiger partial charge in [-0.25, -0.2) is 0 Å². The smallest absolute Gasteiger partial charge is 0.142 e. The summed E-state index contributed by atoms with van der Waals surface area (Å²) in [4.78, 5) is 2.35. The molecular weight excluding hydrogens is 322 g/mol. The summed E-state index contributed by atoms with van der Waals surface area (Å²) in [6, 6.07) is 7.85. The van der Waals surface area contributed by atoms with Gasteiger partial charge in [-0.1, -0.05) is 21.1 Å². The molecule has 6 heteroatoms. The van der Waals surface area contributed by atoms with Crippen molar-refractivity contribution >= 4 is 21.8 Å². The fraction of sp³-hybridized carbons (Fsp3) is 0.500. The van der Waals surface area contributed by atoms with Crippen LogP contribution in [0.4, 0.5) is 0 Å². The van der Waals surface area contributed by atoms with Crippen molar-refractivity contribution in [1.82, 2.24) is 4.90 Å². The van der Waals surface area contributed by atoms with Gasteiger partial charge in [0.25, 0.3) is 0 Å². The van der Waals surface area contributed by atoms with E-state index < -0.39 is 0 Å². The number of rotatable bonds is 5. The van der Waals surface area contributed by atoms with Crippen LogP contribution in [0.3, 0.4) is 0 Å². The summed E-state index contributed by atoms with van der Waals surface area (Å²) < 4.78 is 6.76. The zero-order valence-electron chi connectivity index (χ0n) is 11.3. The van der Waals surface area contributed by atoms with E-state index in [1.54, 1.807) is 0 Å². The SMILES string of the molecule is NC(=NO)C1CCN(CCOc2ccc(Br)cc2)CC1. The molecule has 1 heterocycles. The van der Waals surface area contributed by atoms with E-state index >= 15 is 0 Å². The number of halogens is 1. The van der Waals surface area contributed by atoms with Gasteiger partial charge in [-0.2, -0.15) is 0 Å². The summed E-state index contributed by atoms with van der Waals surface area (Å²) in [7, 11) is 0. The van der Waals surface area contributed by atoms with Crippen molar-refractivity contribution in [2.75, 3.05) is 26.2 Å². The lowest BCUT2D eigenvalue weighted by atomic mass is 9.96. The van der Waals surface area contributed by atoms with Crippen LogP contribution in [0.2, 0.25) is 0 Å². The van der Waals surface area contributed by atoms with Gasteiger partial charge in [0.15, 0.2) is 0 Å². The molecule has 1 aliphatic heterocycles. The first-order chi connectivity index (χ1) is 9.69. The second-order valence-electron chi connectivity index (χ2n) is 4.94. The number of benzene rings is 1. The molecule has 0 spiro atoms. The molecule has 0 unspecified atom stereocenters. The maximum Gasteiger partial charge on any atom is 0.142 e. The van der Waals surface area contributed by atoms with Gasteiger partial charge in [0, 0.05) is 16.9 Å². The average Bonchev–Trinajstić information content (AvgIpc) is 2.49. The molecule has 0 aliphatic carbocycles. The van der Waals surface area contributed by atoms with Crippen LogP contribution in [0.5, 0.6) is 5.75 Å². The van der Waals surface area contributed by atoms with Crippen molar-refractivity contribution in [1.29, 1.82) is 0 Å². The first kappa shape index (κ1) is 15.1. The Morgan fingerprint density at radius 1 is 1.35 bits per heavy atom. The number of nitrogens with two attached hydrogens (primary N) is 1. The molecule has 1 aromatic rings. The van der Waals surface area contributed by atoms with Gasteiger partial charge >= 0.3 is 0 Å². The minimum Gasteiger partial charge on any atom is -0.492 e. The molecule has 0 radical (unpaired) electrons. The summed E-state index contributed by atoms with van der Waals surface area (Å²) in [6.07, 6.45) is 1.88. The molecule has 5 nitrogen and oxygen atoms in total. The van der Waals surface area contributed by atoms with E-state index in [4.69, 9.17) is 15.7 Å². The van der Waals surface area contributed by atoms with E-state index in [1.807, 2.05) is 24.3 Å². The zero-order valence-corrected chi connectivity index (χ0v) is 12.9. The Labute approximate surface area is 127 Å². The van der Waals surface area contributed by atoms with Gasteiger partial charge in [-0.3, -0.25) is 4.90 Å². The lowest BCUT2D eigenvalue weighted by Crippen LogP contribution is -2.40. The minimum atomic E-state index is 0.212. The van der Waals surface area contributed by atoms with Gasteiger partial charge in [-0.15, -0.1) is 0 Å². The Kier molecular flexibility index (Phi) is 5.67. The molecular formula is C14H20BrN3O2. The van der Waals surface area contributed by atoms with Crippen LogP contribution in [0.15, 0.2) is 33.9 Å². The predicted molar refractivity (Wildman–Crippen MR) is 82.2 cm³/mol. The molecule has 3 N–H and O–H groups in total. The Balaban J connectivity index is 1.67. The molecule has 0 atom stereocenters. The van der Waals surface area contributed by atoms with Crippen molar-refractivity contribution in [3.63, 3.8) is 0 Å². The van der Waals surface area contributed by atoms with E-state index in [-0.39, 0.29) is 5.92 Å². The van der Waals surface area contributed by atoms with Crippen molar-refractivity contribution in [2.45, 2.75) is 12.8 Å². The average molecular weight is 342 g/mol. The highest BCUT2D eigenvalue weighted by molar-refractivity contribution is 9.10. The number of piperidine rings is 1. The van der Waals surface area contributed by atoms with Crippen LogP contribution in [0, 0.1) is 5.92 Å². The lowest BCUT2D eigenvalue weighted by molar-refractivity contribution is 0.170. The van der Waals surface area contributed by atoms with Gasteiger partial charge in [0.2, 0.25) is 0 Å². The number of amidine groups is 1. The highest BCUT2D eigenvalue weighted by Gasteiger charge is 2.21. The summed E-state index contributed by atoms with van der Waals surface area (Å²) in [6.45, 7) is 3.50. The van der Waals surface area contributed by atoms with E-state index in [2.05, 4.69) is 26.0 Å². The quantitative estimate of drug-likeness (QED) is 0.373. The molecule has 0 bridgehead atoms. The van der Waals surface area contributed by atoms with E-state index in [1.165, 1.54) is 0 Å². The molecule has 0 aromatic heterocycles. The highest BCUT2D eigenvalue weighted by Crippen LogP contribution is 2.18.